The first kappa shape index (κ1) is 24.7. The zero-order valence-corrected chi connectivity index (χ0v) is 20.9. The molecule has 1 saturated heterocycles. The number of nitrogens with zero attached hydrogens (tertiary/aromatic N) is 3. The lowest BCUT2D eigenvalue weighted by Crippen LogP contribution is -2.46. The van der Waals surface area contributed by atoms with E-state index in [0.717, 1.165) is 48.9 Å². The van der Waals surface area contributed by atoms with Gasteiger partial charge in [0.15, 0.2) is 0 Å². The topological polar surface area (TPSA) is 122 Å². The maximum Gasteiger partial charge on any atom is 0.263 e. The number of sulfonamides is 1. The third-order valence-corrected chi connectivity index (χ3v) is 7.88. The number of nitrogens with one attached hydrogen (secondary N) is 2. The molecule has 4 rings (SSSR count). The van der Waals surface area contributed by atoms with E-state index in [-0.39, 0.29) is 28.0 Å². The Morgan fingerprint density at radius 3 is 2.51 bits per heavy atom. The number of rotatable bonds is 6. The van der Waals surface area contributed by atoms with Crippen LogP contribution in [0.1, 0.15) is 25.8 Å². The normalized spacial score (nSPS) is 15.9. The number of benzene rings is 2. The molecule has 11 heteroatoms. The Morgan fingerprint density at radius 2 is 1.83 bits per heavy atom. The largest absolute Gasteiger partial charge is 0.390 e. The number of aromatic nitrogens is 1. The maximum atomic E-state index is 12.9. The summed E-state index contributed by atoms with van der Waals surface area (Å²) in [6, 6.07) is 16.4. The summed E-state index contributed by atoms with van der Waals surface area (Å²) in [7, 11) is -3.82. The third kappa shape index (κ3) is 5.63. The van der Waals surface area contributed by atoms with Crippen molar-refractivity contribution in [1.82, 2.24) is 14.6 Å². The number of carbonyl (C=O) groups excluding carboxylic acids is 1. The predicted molar refractivity (Wildman–Crippen MR) is 142 cm³/mol. The molecule has 3 aromatic rings. The van der Waals surface area contributed by atoms with Crippen molar-refractivity contribution in [2.45, 2.75) is 36.7 Å². The monoisotopic (exact) mass is 512 g/mol. The average Bonchev–Trinajstić information content (AvgIpc) is 3.28. The van der Waals surface area contributed by atoms with Crippen molar-refractivity contribution in [1.29, 1.82) is 0 Å². The molecule has 1 aliphatic heterocycles. The number of hydrogen-bond acceptors (Lipinski definition) is 5. The van der Waals surface area contributed by atoms with Gasteiger partial charge in [0.05, 0.1) is 11.2 Å². The van der Waals surface area contributed by atoms with E-state index in [2.05, 4.69) is 19.9 Å². The summed E-state index contributed by atoms with van der Waals surface area (Å²) >= 11 is 4.82. The van der Waals surface area contributed by atoms with Crippen LogP contribution in [0.25, 0.3) is 10.9 Å². The quantitative estimate of drug-likeness (QED) is 0.265. The van der Waals surface area contributed by atoms with Gasteiger partial charge in [0.1, 0.15) is 6.04 Å². The standard InChI is InChI=1S/C24H28N6O3S2/c1-17(30-15-10-18-4-2-3-5-22(18)30)23(31)27-19-11-13-29(14-12-19)20-6-8-21(9-7-20)35(32,33)28-24(34)26-16-25/h2-10,15-17,19H,11-14H2,1H3,(H,27,31)(H3,25,26,28,34)/t17-/m1/s1. The molecule has 2 heterocycles. The molecule has 184 valence electrons. The van der Waals surface area contributed by atoms with Crippen molar-refractivity contribution in [2.24, 2.45) is 10.7 Å². The Labute approximate surface area is 210 Å². The number of thiocarbonyl (C=S) groups is 1. The Kier molecular flexibility index (Phi) is 7.37. The predicted octanol–water partition coefficient (Wildman–Crippen LogP) is 2.54. The molecule has 0 saturated carbocycles. The van der Waals surface area contributed by atoms with Crippen molar-refractivity contribution >= 4 is 56.2 Å². The summed E-state index contributed by atoms with van der Waals surface area (Å²) in [5, 5.41) is 4.09. The van der Waals surface area contributed by atoms with Crippen LogP contribution in [0.3, 0.4) is 0 Å². The highest BCUT2D eigenvalue weighted by Crippen LogP contribution is 2.24. The molecule has 0 unspecified atom stereocenters. The van der Waals surface area contributed by atoms with Gasteiger partial charge in [0.2, 0.25) is 11.0 Å². The highest BCUT2D eigenvalue weighted by atomic mass is 32.2. The van der Waals surface area contributed by atoms with Crippen LogP contribution in [-0.2, 0) is 14.8 Å². The summed E-state index contributed by atoms with van der Waals surface area (Å²) in [6.45, 7) is 3.42. The zero-order chi connectivity index (χ0) is 25.0. The van der Waals surface area contributed by atoms with Gasteiger partial charge in [-0.2, -0.15) is 0 Å². The van der Waals surface area contributed by atoms with Gasteiger partial charge in [-0.3, -0.25) is 9.52 Å². The first-order valence-electron chi connectivity index (χ1n) is 11.3. The Morgan fingerprint density at radius 1 is 1.14 bits per heavy atom. The van der Waals surface area contributed by atoms with Crippen LogP contribution in [0, 0.1) is 0 Å². The molecule has 1 amide bonds. The third-order valence-electron chi connectivity index (χ3n) is 6.19. The fourth-order valence-corrected chi connectivity index (χ4v) is 5.56. The van der Waals surface area contributed by atoms with E-state index in [1.807, 2.05) is 48.0 Å². The van der Waals surface area contributed by atoms with Gasteiger partial charge >= 0.3 is 0 Å². The smallest absolute Gasteiger partial charge is 0.263 e. The average molecular weight is 513 g/mol. The lowest BCUT2D eigenvalue weighted by Gasteiger charge is -2.34. The molecule has 0 aliphatic carbocycles. The Bertz CT molecular complexity index is 1340. The zero-order valence-electron chi connectivity index (χ0n) is 19.3. The van der Waals surface area contributed by atoms with Crippen LogP contribution < -0.4 is 20.7 Å². The number of carbonyl (C=O) groups is 1. The van der Waals surface area contributed by atoms with Crippen LogP contribution in [-0.4, -0.2) is 49.5 Å². The molecule has 9 nitrogen and oxygen atoms in total. The second-order valence-electron chi connectivity index (χ2n) is 8.41. The van der Waals surface area contributed by atoms with Crippen LogP contribution in [0.4, 0.5) is 5.69 Å². The lowest BCUT2D eigenvalue weighted by atomic mass is 10.0. The molecule has 0 bridgehead atoms. The number of hydrogen-bond donors (Lipinski definition) is 3. The number of anilines is 1. The van der Waals surface area contributed by atoms with Gasteiger partial charge in [-0.15, -0.1) is 0 Å². The minimum absolute atomic E-state index is 0.00347. The van der Waals surface area contributed by atoms with Gasteiger partial charge in [0.25, 0.3) is 10.0 Å². The van der Waals surface area contributed by atoms with Crippen molar-refractivity contribution in [3.63, 3.8) is 0 Å². The lowest BCUT2D eigenvalue weighted by molar-refractivity contribution is -0.124. The molecule has 0 spiro atoms. The van der Waals surface area contributed by atoms with E-state index < -0.39 is 10.0 Å². The summed E-state index contributed by atoms with van der Waals surface area (Å²) in [6.07, 6.45) is 4.49. The van der Waals surface area contributed by atoms with E-state index in [0.29, 0.717) is 0 Å². The molecule has 2 aromatic carbocycles. The first-order chi connectivity index (χ1) is 16.8. The van der Waals surface area contributed by atoms with Crippen LogP contribution in [0.2, 0.25) is 0 Å². The number of piperidine rings is 1. The minimum atomic E-state index is -3.82. The number of nitrogens with two attached hydrogens (primary N) is 1. The maximum absolute atomic E-state index is 12.9. The minimum Gasteiger partial charge on any atom is -0.390 e. The van der Waals surface area contributed by atoms with E-state index in [4.69, 9.17) is 18.0 Å². The molecule has 1 atom stereocenters. The van der Waals surface area contributed by atoms with Crippen LogP contribution in [0.5, 0.6) is 0 Å². The molecule has 4 N–H and O–H groups in total. The second kappa shape index (κ2) is 10.4. The first-order valence-corrected chi connectivity index (χ1v) is 13.2. The highest BCUT2D eigenvalue weighted by molar-refractivity contribution is 7.91. The summed E-state index contributed by atoms with van der Waals surface area (Å²) in [5.41, 5.74) is 7.10. The van der Waals surface area contributed by atoms with Crippen molar-refractivity contribution in [2.75, 3.05) is 18.0 Å². The molecular formula is C24H28N6O3S2. The number of aliphatic imine (C=N–C) groups is 1. The second-order valence-corrected chi connectivity index (χ2v) is 10.5. The van der Waals surface area contributed by atoms with E-state index in [1.165, 1.54) is 12.1 Å². The van der Waals surface area contributed by atoms with Crippen LogP contribution >= 0.6 is 12.2 Å². The van der Waals surface area contributed by atoms with Crippen molar-refractivity contribution in [3.8, 4) is 0 Å². The van der Waals surface area contributed by atoms with Crippen LogP contribution in [0.15, 0.2) is 70.7 Å². The molecule has 1 aromatic heterocycles. The Balaban J connectivity index is 1.32. The fraction of sp³-hybridized carbons (Fsp3) is 0.292. The van der Waals surface area contributed by atoms with E-state index >= 15 is 0 Å². The number of fused-ring (bicyclic) bond motifs is 1. The Hall–Kier alpha value is -3.44. The number of amides is 1. The highest BCUT2D eigenvalue weighted by Gasteiger charge is 2.24. The van der Waals surface area contributed by atoms with Crippen molar-refractivity contribution < 1.29 is 13.2 Å². The molecule has 35 heavy (non-hydrogen) atoms. The SMILES string of the molecule is C[C@H](C(=O)NC1CCN(c2ccc(S(=O)(=O)NC(=S)N=CN)cc2)CC1)n1ccc2ccccc21. The van der Waals surface area contributed by atoms with E-state index in [1.54, 1.807) is 12.1 Å². The van der Waals surface area contributed by atoms with Gasteiger partial charge in [-0.05, 0) is 73.8 Å². The fourth-order valence-electron chi connectivity index (χ4n) is 4.28. The molecular weight excluding hydrogens is 484 g/mol. The molecule has 1 fully saturated rings. The summed E-state index contributed by atoms with van der Waals surface area (Å²) in [5.74, 6) is 0.00347. The van der Waals surface area contributed by atoms with Gasteiger partial charge in [-0.1, -0.05) is 18.2 Å². The van der Waals surface area contributed by atoms with E-state index in [9.17, 15) is 13.2 Å². The number of para-hydroxylation sites is 1. The van der Waals surface area contributed by atoms with Gasteiger partial charge < -0.3 is 20.5 Å². The van der Waals surface area contributed by atoms with Gasteiger partial charge in [-0.25, -0.2) is 13.4 Å². The van der Waals surface area contributed by atoms with Gasteiger partial charge in [0, 0.05) is 36.5 Å². The summed E-state index contributed by atoms with van der Waals surface area (Å²) < 4.78 is 29.0. The van der Waals surface area contributed by atoms with Crippen molar-refractivity contribution in [3.05, 3.63) is 60.8 Å². The molecule has 0 radical (unpaired) electrons. The summed E-state index contributed by atoms with van der Waals surface area (Å²) in [4.78, 5) is 18.7. The molecule has 1 aliphatic rings.